The summed E-state index contributed by atoms with van der Waals surface area (Å²) in [7, 11) is 0. The van der Waals surface area contributed by atoms with Crippen LogP contribution in [0.4, 0.5) is 4.79 Å². The van der Waals surface area contributed by atoms with Gasteiger partial charge in [-0.3, -0.25) is 4.98 Å². The van der Waals surface area contributed by atoms with Crippen LogP contribution in [0.3, 0.4) is 0 Å². The molecule has 1 aromatic rings. The average molecular weight is 221 g/mol. The molecule has 0 saturated carbocycles. The summed E-state index contributed by atoms with van der Waals surface area (Å²) in [6.07, 6.45) is 3.36. The van der Waals surface area contributed by atoms with E-state index in [4.69, 9.17) is 6.11 Å². The normalized spacial score (nSPS) is 20.7. The minimum absolute atomic E-state index is 0.0600. The van der Waals surface area contributed by atoms with E-state index in [9.17, 15) is 4.79 Å². The minimum atomic E-state index is -0.293. The van der Waals surface area contributed by atoms with Crippen molar-refractivity contribution in [3.8, 4) is 0 Å². The molecular formula is C12H16N2O2. The first-order chi connectivity index (χ1) is 8.24. The summed E-state index contributed by atoms with van der Waals surface area (Å²) in [6, 6.07) is 3.60. The molecule has 2 heterocycles. The monoisotopic (exact) mass is 221 g/mol. The number of hydrogen-bond acceptors (Lipinski definition) is 3. The first kappa shape index (κ1) is 9.63. The zero-order chi connectivity index (χ0) is 12.3. The van der Waals surface area contributed by atoms with Crippen LogP contribution < -0.4 is 0 Å². The lowest BCUT2D eigenvalue weighted by molar-refractivity contribution is 0.103. The molecule has 0 aromatic carbocycles. The van der Waals surface area contributed by atoms with Crippen molar-refractivity contribution < 1.29 is 10.9 Å². The fourth-order valence-corrected chi connectivity index (χ4v) is 2.04. The van der Waals surface area contributed by atoms with Gasteiger partial charge in [-0.1, -0.05) is 6.07 Å². The van der Waals surface area contributed by atoms with Crippen LogP contribution in [0.25, 0.3) is 0 Å². The Bertz CT molecular complexity index is 411. The Balaban J connectivity index is 2.20. The van der Waals surface area contributed by atoms with Gasteiger partial charge in [0.2, 0.25) is 0 Å². The predicted octanol–water partition coefficient (Wildman–Crippen LogP) is 2.38. The van der Waals surface area contributed by atoms with Crippen molar-refractivity contribution in [1.82, 2.24) is 9.88 Å². The van der Waals surface area contributed by atoms with Crippen molar-refractivity contribution in [3.05, 3.63) is 30.1 Å². The van der Waals surface area contributed by atoms with E-state index in [-0.39, 0.29) is 18.3 Å². The Morgan fingerprint density at radius 3 is 3.44 bits per heavy atom. The highest BCUT2D eigenvalue weighted by molar-refractivity contribution is 5.68. The molecule has 0 spiro atoms. The fraction of sp³-hybridized carbons (Fsp3) is 0.500. The molecule has 0 N–H and O–H groups in total. The largest absolute Gasteiger partial charge is 0.450 e. The number of nitrogens with zero attached hydrogens (tertiary/aromatic N) is 2. The highest BCUT2D eigenvalue weighted by Gasteiger charge is 2.30. The first-order valence-electron chi connectivity index (χ1n) is 6.09. The molecule has 0 bridgehead atoms. The smallest absolute Gasteiger partial charge is 0.410 e. The van der Waals surface area contributed by atoms with Gasteiger partial charge in [0.15, 0.2) is 0 Å². The number of rotatable bonds is 2. The second-order valence-electron chi connectivity index (χ2n) is 3.75. The summed E-state index contributed by atoms with van der Waals surface area (Å²) in [5.41, 5.74) is 0.804. The molecule has 4 heteroatoms. The van der Waals surface area contributed by atoms with Crippen molar-refractivity contribution in [1.29, 1.82) is 0 Å². The van der Waals surface area contributed by atoms with E-state index in [1.807, 2.05) is 6.07 Å². The summed E-state index contributed by atoms with van der Waals surface area (Å²) in [5, 5.41) is 0. The third-order valence-electron chi connectivity index (χ3n) is 2.74. The van der Waals surface area contributed by atoms with E-state index < -0.39 is 0 Å². The number of aromatic nitrogens is 1. The van der Waals surface area contributed by atoms with Gasteiger partial charge in [-0.25, -0.2) is 4.79 Å². The minimum Gasteiger partial charge on any atom is -0.450 e. The lowest BCUT2D eigenvalue weighted by atomic mass is 10.1. The molecule has 1 aliphatic heterocycles. The van der Waals surface area contributed by atoms with Gasteiger partial charge in [-0.05, 0) is 31.4 Å². The van der Waals surface area contributed by atoms with Gasteiger partial charge in [0.25, 0.3) is 0 Å². The number of likely N-dealkylation sites (tertiary alicyclic amines) is 1. The number of pyridine rings is 1. The number of carbonyl (C=O) groups excluding carboxylic acids is 1. The van der Waals surface area contributed by atoms with Gasteiger partial charge in [-0.2, -0.15) is 0 Å². The van der Waals surface area contributed by atoms with Crippen LogP contribution in [0.2, 0.25) is 0 Å². The summed E-state index contributed by atoms with van der Waals surface area (Å²) >= 11 is 0. The van der Waals surface area contributed by atoms with Crippen LogP contribution in [0.1, 0.15) is 32.7 Å². The summed E-state index contributed by atoms with van der Waals surface area (Å²) < 4.78 is 12.8. The summed E-state index contributed by atoms with van der Waals surface area (Å²) in [5.74, 6) is 0. The van der Waals surface area contributed by atoms with Crippen LogP contribution in [-0.2, 0) is 4.74 Å². The fourth-order valence-electron chi connectivity index (χ4n) is 2.04. The van der Waals surface area contributed by atoms with Gasteiger partial charge < -0.3 is 9.64 Å². The molecule has 0 radical (unpaired) electrons. The standard InChI is InChI=1S/C12H16N2O2/c1-2-16-12(15)14-8-4-6-11(14)10-5-3-7-13-9-10/h3,5,7,9,11H,2,4,6,8H2,1H3/i9D. The van der Waals surface area contributed by atoms with Crippen LogP contribution in [0, 0.1) is 0 Å². The topological polar surface area (TPSA) is 42.4 Å². The zero-order valence-corrected chi connectivity index (χ0v) is 9.35. The van der Waals surface area contributed by atoms with E-state index in [0.29, 0.717) is 13.2 Å². The Kier molecular flexibility index (Phi) is 2.99. The van der Waals surface area contributed by atoms with E-state index in [2.05, 4.69) is 4.98 Å². The highest BCUT2D eigenvalue weighted by atomic mass is 16.6. The highest BCUT2D eigenvalue weighted by Crippen LogP contribution is 2.31. The average Bonchev–Trinajstić information content (AvgIpc) is 2.79. The van der Waals surface area contributed by atoms with Crippen molar-refractivity contribution >= 4 is 6.09 Å². The van der Waals surface area contributed by atoms with Crippen molar-refractivity contribution in [2.75, 3.05) is 13.2 Å². The molecule has 86 valence electrons. The Morgan fingerprint density at radius 1 is 1.81 bits per heavy atom. The molecule has 2 rings (SSSR count). The molecule has 1 unspecified atom stereocenters. The number of hydrogen-bond donors (Lipinski definition) is 0. The first-order valence-corrected chi connectivity index (χ1v) is 5.59. The van der Waals surface area contributed by atoms with Crippen molar-refractivity contribution in [2.45, 2.75) is 25.8 Å². The van der Waals surface area contributed by atoms with Crippen LogP contribution in [0.15, 0.2) is 24.5 Å². The third-order valence-corrected chi connectivity index (χ3v) is 2.74. The van der Waals surface area contributed by atoms with Gasteiger partial charge in [0, 0.05) is 18.9 Å². The maximum absolute atomic E-state index is 11.8. The lowest BCUT2D eigenvalue weighted by Crippen LogP contribution is -2.31. The molecule has 1 aliphatic rings. The van der Waals surface area contributed by atoms with Gasteiger partial charge in [-0.15, -0.1) is 0 Å². The number of amides is 1. The third kappa shape index (κ3) is 2.15. The number of carbonyl (C=O) groups is 1. The van der Waals surface area contributed by atoms with Crippen LogP contribution in [0.5, 0.6) is 0 Å². The van der Waals surface area contributed by atoms with Gasteiger partial charge in [0.05, 0.1) is 14.0 Å². The SMILES string of the molecule is [2H]c1ncccc1C1CCCN1C(=O)OCC. The molecule has 1 saturated heterocycles. The second kappa shape index (κ2) is 4.96. The predicted molar refractivity (Wildman–Crippen MR) is 59.9 cm³/mol. The zero-order valence-electron chi connectivity index (χ0n) is 10.3. The van der Waals surface area contributed by atoms with E-state index in [1.54, 1.807) is 24.1 Å². The molecule has 0 aliphatic carbocycles. The van der Waals surface area contributed by atoms with Gasteiger partial charge >= 0.3 is 6.09 Å². The van der Waals surface area contributed by atoms with Crippen LogP contribution >= 0.6 is 0 Å². The molecule has 1 atom stereocenters. The summed E-state index contributed by atoms with van der Waals surface area (Å²) in [4.78, 5) is 17.4. The van der Waals surface area contributed by atoms with E-state index in [0.717, 1.165) is 18.4 Å². The van der Waals surface area contributed by atoms with Crippen molar-refractivity contribution in [2.24, 2.45) is 0 Å². The molecule has 4 nitrogen and oxygen atoms in total. The Hall–Kier alpha value is -1.58. The maximum atomic E-state index is 11.8. The molecule has 1 fully saturated rings. The molecular weight excluding hydrogens is 204 g/mol. The quantitative estimate of drug-likeness (QED) is 0.770. The van der Waals surface area contributed by atoms with Crippen molar-refractivity contribution in [3.63, 3.8) is 0 Å². The maximum Gasteiger partial charge on any atom is 0.410 e. The molecule has 1 aromatic heterocycles. The Labute approximate surface area is 96.6 Å². The summed E-state index contributed by atoms with van der Waals surface area (Å²) in [6.45, 7) is 2.86. The molecule has 16 heavy (non-hydrogen) atoms. The second-order valence-corrected chi connectivity index (χ2v) is 3.75. The Morgan fingerprint density at radius 2 is 2.69 bits per heavy atom. The molecule has 1 amide bonds. The van der Waals surface area contributed by atoms with Gasteiger partial charge in [0.1, 0.15) is 0 Å². The van der Waals surface area contributed by atoms with E-state index in [1.165, 1.54) is 0 Å². The van der Waals surface area contributed by atoms with E-state index >= 15 is 0 Å². The number of ether oxygens (including phenoxy) is 1. The van der Waals surface area contributed by atoms with Crippen LogP contribution in [-0.4, -0.2) is 29.1 Å². The lowest BCUT2D eigenvalue weighted by Gasteiger charge is -2.23.